The summed E-state index contributed by atoms with van der Waals surface area (Å²) in [5.74, 6) is 0.689. The van der Waals surface area contributed by atoms with Crippen LogP contribution in [0.1, 0.15) is 37.7 Å². The normalized spacial score (nSPS) is 20.3. The van der Waals surface area contributed by atoms with Gasteiger partial charge in [-0.25, -0.2) is 4.79 Å². The molecule has 2 aromatic rings. The number of nitrogens with one attached hydrogen (secondary N) is 1. The van der Waals surface area contributed by atoms with Crippen molar-refractivity contribution >= 4 is 11.0 Å². The van der Waals surface area contributed by atoms with Gasteiger partial charge >= 0.3 is 5.63 Å². The fraction of sp³-hybridized carbons (Fsp3) is 0.591. The zero-order chi connectivity index (χ0) is 19.4. The molecule has 1 aliphatic heterocycles. The summed E-state index contributed by atoms with van der Waals surface area (Å²) in [5, 5.41) is 4.62. The van der Waals surface area contributed by atoms with Gasteiger partial charge in [0, 0.05) is 49.2 Å². The Bertz CT molecular complexity index is 851. The molecule has 6 heteroatoms. The van der Waals surface area contributed by atoms with Gasteiger partial charge in [-0.05, 0) is 30.5 Å². The number of rotatable bonds is 6. The maximum Gasteiger partial charge on any atom is 0.336 e. The van der Waals surface area contributed by atoms with Crippen molar-refractivity contribution in [3.8, 4) is 5.75 Å². The van der Waals surface area contributed by atoms with Crippen LogP contribution in [-0.4, -0.2) is 50.4 Å². The van der Waals surface area contributed by atoms with E-state index in [-0.39, 0.29) is 11.2 Å². The molecule has 28 heavy (non-hydrogen) atoms. The quantitative estimate of drug-likeness (QED) is 0.770. The van der Waals surface area contributed by atoms with Gasteiger partial charge in [0.25, 0.3) is 0 Å². The molecule has 1 aromatic heterocycles. The van der Waals surface area contributed by atoms with Crippen molar-refractivity contribution in [1.82, 2.24) is 10.2 Å². The van der Waals surface area contributed by atoms with Crippen LogP contribution in [0.25, 0.3) is 11.0 Å². The maximum absolute atomic E-state index is 12.0. The molecule has 1 aromatic carbocycles. The van der Waals surface area contributed by atoms with E-state index in [1.54, 1.807) is 19.2 Å². The third kappa shape index (κ3) is 4.09. The summed E-state index contributed by atoms with van der Waals surface area (Å²) >= 11 is 0. The average molecular weight is 386 g/mol. The Labute approximate surface area is 165 Å². The second-order valence-electron chi connectivity index (χ2n) is 7.94. The first-order valence-corrected chi connectivity index (χ1v) is 10.3. The van der Waals surface area contributed by atoms with Gasteiger partial charge in [-0.2, -0.15) is 0 Å². The van der Waals surface area contributed by atoms with E-state index in [1.807, 2.05) is 12.1 Å². The van der Waals surface area contributed by atoms with Crippen molar-refractivity contribution in [2.45, 2.75) is 44.2 Å². The van der Waals surface area contributed by atoms with Gasteiger partial charge in [0.1, 0.15) is 11.3 Å². The van der Waals surface area contributed by atoms with Gasteiger partial charge in [-0.1, -0.05) is 19.3 Å². The molecule has 0 amide bonds. The second kappa shape index (κ2) is 8.64. The van der Waals surface area contributed by atoms with Crippen LogP contribution in [0.2, 0.25) is 0 Å². The highest BCUT2D eigenvalue weighted by Crippen LogP contribution is 2.34. The van der Waals surface area contributed by atoms with Crippen LogP contribution in [-0.2, 0) is 11.3 Å². The highest BCUT2D eigenvalue weighted by atomic mass is 16.5. The number of fused-ring (bicyclic) bond motifs is 1. The van der Waals surface area contributed by atoms with Gasteiger partial charge in [-0.3, -0.25) is 4.90 Å². The van der Waals surface area contributed by atoms with E-state index in [2.05, 4.69) is 10.2 Å². The molecule has 1 N–H and O–H groups in total. The molecular formula is C22H30N2O4. The van der Waals surface area contributed by atoms with Crippen LogP contribution in [0.4, 0.5) is 0 Å². The Morgan fingerprint density at radius 2 is 1.93 bits per heavy atom. The lowest BCUT2D eigenvalue weighted by Gasteiger charge is -2.48. The molecule has 0 radical (unpaired) electrons. The van der Waals surface area contributed by atoms with Crippen LogP contribution in [0, 0.1) is 0 Å². The van der Waals surface area contributed by atoms with E-state index in [0.717, 1.165) is 43.8 Å². The van der Waals surface area contributed by atoms with E-state index in [9.17, 15) is 4.79 Å². The first kappa shape index (κ1) is 19.4. The standard InChI is InChI=1S/C22H30N2O4/c1-26-18-5-6-19-17(13-21(25)28-20(19)14-18)15-23-16-22(7-3-2-4-8-22)24-9-11-27-12-10-24/h5-6,13-14,23H,2-4,7-12,15-16H2,1H3. The molecular weight excluding hydrogens is 356 g/mol. The van der Waals surface area contributed by atoms with Crippen molar-refractivity contribution in [3.63, 3.8) is 0 Å². The molecule has 4 rings (SSSR count). The zero-order valence-electron chi connectivity index (χ0n) is 16.7. The first-order chi connectivity index (χ1) is 13.7. The van der Waals surface area contributed by atoms with Crippen LogP contribution in [0.15, 0.2) is 33.5 Å². The molecule has 1 aliphatic carbocycles. The summed E-state index contributed by atoms with van der Waals surface area (Å²) in [6.45, 7) is 5.27. The number of nitrogens with zero attached hydrogens (tertiary/aromatic N) is 1. The van der Waals surface area contributed by atoms with E-state index < -0.39 is 0 Å². The number of ether oxygens (including phenoxy) is 2. The zero-order valence-corrected chi connectivity index (χ0v) is 16.7. The Kier molecular flexibility index (Phi) is 5.99. The van der Waals surface area contributed by atoms with Gasteiger partial charge in [0.05, 0.1) is 20.3 Å². The average Bonchev–Trinajstić information content (AvgIpc) is 2.74. The van der Waals surface area contributed by atoms with Crippen molar-refractivity contribution < 1.29 is 13.9 Å². The lowest BCUT2D eigenvalue weighted by molar-refractivity contribution is -0.0369. The summed E-state index contributed by atoms with van der Waals surface area (Å²) in [6.07, 6.45) is 6.37. The lowest BCUT2D eigenvalue weighted by Crippen LogP contribution is -2.59. The highest BCUT2D eigenvalue weighted by molar-refractivity contribution is 5.81. The summed E-state index contributed by atoms with van der Waals surface area (Å²) in [7, 11) is 1.61. The van der Waals surface area contributed by atoms with Gasteiger partial charge in [0.2, 0.25) is 0 Å². The monoisotopic (exact) mass is 386 g/mol. The first-order valence-electron chi connectivity index (χ1n) is 10.3. The Morgan fingerprint density at radius 3 is 2.68 bits per heavy atom. The summed E-state index contributed by atoms with van der Waals surface area (Å²) in [4.78, 5) is 14.7. The minimum Gasteiger partial charge on any atom is -0.497 e. The minimum atomic E-state index is -0.321. The highest BCUT2D eigenvalue weighted by Gasteiger charge is 2.38. The second-order valence-corrected chi connectivity index (χ2v) is 7.94. The lowest BCUT2D eigenvalue weighted by atomic mass is 9.79. The van der Waals surface area contributed by atoms with Gasteiger partial charge in [0.15, 0.2) is 0 Å². The molecule has 2 fully saturated rings. The number of hydrogen-bond acceptors (Lipinski definition) is 6. The molecule has 0 bridgehead atoms. The Morgan fingerprint density at radius 1 is 1.14 bits per heavy atom. The van der Waals surface area contributed by atoms with Crippen molar-refractivity contribution in [2.75, 3.05) is 40.0 Å². The topological polar surface area (TPSA) is 63.9 Å². The fourth-order valence-electron chi connectivity index (χ4n) is 4.77. The molecule has 6 nitrogen and oxygen atoms in total. The van der Waals surface area contributed by atoms with Crippen molar-refractivity contribution in [3.05, 3.63) is 40.2 Å². The van der Waals surface area contributed by atoms with E-state index in [1.165, 1.54) is 32.1 Å². The fourth-order valence-corrected chi connectivity index (χ4v) is 4.77. The number of hydrogen-bond donors (Lipinski definition) is 1. The summed E-state index contributed by atoms with van der Waals surface area (Å²) in [6, 6.07) is 7.25. The molecule has 152 valence electrons. The minimum absolute atomic E-state index is 0.209. The van der Waals surface area contributed by atoms with Crippen LogP contribution >= 0.6 is 0 Å². The number of morpholine rings is 1. The van der Waals surface area contributed by atoms with Crippen LogP contribution in [0.3, 0.4) is 0 Å². The summed E-state index contributed by atoms with van der Waals surface area (Å²) < 4.78 is 16.2. The smallest absolute Gasteiger partial charge is 0.336 e. The maximum atomic E-state index is 12.0. The van der Waals surface area contributed by atoms with Gasteiger partial charge < -0.3 is 19.2 Å². The van der Waals surface area contributed by atoms with Gasteiger partial charge in [-0.15, -0.1) is 0 Å². The van der Waals surface area contributed by atoms with Crippen LogP contribution < -0.4 is 15.7 Å². The molecule has 1 saturated heterocycles. The molecule has 0 atom stereocenters. The predicted octanol–water partition coefficient (Wildman–Crippen LogP) is 2.93. The van der Waals surface area contributed by atoms with E-state index >= 15 is 0 Å². The van der Waals surface area contributed by atoms with Crippen molar-refractivity contribution in [1.29, 1.82) is 0 Å². The Balaban J connectivity index is 1.51. The molecule has 2 heterocycles. The van der Waals surface area contributed by atoms with Crippen LogP contribution in [0.5, 0.6) is 5.75 Å². The van der Waals surface area contributed by atoms with Crippen molar-refractivity contribution in [2.24, 2.45) is 0 Å². The molecule has 0 spiro atoms. The molecule has 0 unspecified atom stereocenters. The number of methoxy groups -OCH3 is 1. The molecule has 1 saturated carbocycles. The SMILES string of the molecule is COc1ccc2c(CNCC3(N4CCOCC4)CCCCC3)cc(=O)oc2c1. The third-order valence-electron chi connectivity index (χ3n) is 6.27. The summed E-state index contributed by atoms with van der Waals surface area (Å²) in [5.41, 5.74) is 1.43. The van der Waals surface area contributed by atoms with E-state index in [4.69, 9.17) is 13.9 Å². The predicted molar refractivity (Wildman–Crippen MR) is 109 cm³/mol. The Hall–Kier alpha value is -1.89. The number of benzene rings is 1. The van der Waals surface area contributed by atoms with E-state index in [0.29, 0.717) is 17.9 Å². The largest absolute Gasteiger partial charge is 0.497 e. The molecule has 2 aliphatic rings. The third-order valence-corrected chi connectivity index (χ3v) is 6.27.